The van der Waals surface area contributed by atoms with E-state index in [0.717, 1.165) is 19.4 Å². The van der Waals surface area contributed by atoms with E-state index >= 15 is 0 Å². The Bertz CT molecular complexity index is 510. The summed E-state index contributed by atoms with van der Waals surface area (Å²) in [5, 5.41) is 9.79. The summed E-state index contributed by atoms with van der Waals surface area (Å²) >= 11 is 0. The van der Waals surface area contributed by atoms with Crippen molar-refractivity contribution >= 4 is 10.0 Å². The molecular formula is C12H20N4O2S. The van der Waals surface area contributed by atoms with Gasteiger partial charge in [0.05, 0.1) is 6.20 Å². The van der Waals surface area contributed by atoms with Crippen molar-refractivity contribution in [1.29, 1.82) is 0 Å². The first-order chi connectivity index (χ1) is 9.16. The van der Waals surface area contributed by atoms with E-state index in [1.165, 1.54) is 25.2 Å². The van der Waals surface area contributed by atoms with Gasteiger partial charge in [0, 0.05) is 25.3 Å². The fourth-order valence-corrected chi connectivity index (χ4v) is 4.02. The molecule has 1 saturated heterocycles. The number of H-pyrrole nitrogens is 1. The van der Waals surface area contributed by atoms with E-state index in [4.69, 9.17) is 0 Å². The Hall–Kier alpha value is -0.920. The lowest BCUT2D eigenvalue weighted by Crippen LogP contribution is -2.43. The summed E-state index contributed by atoms with van der Waals surface area (Å²) < 4.78 is 26.4. The first kappa shape index (κ1) is 13.1. The summed E-state index contributed by atoms with van der Waals surface area (Å²) in [6, 6.07) is 0.681. The lowest BCUT2D eigenvalue weighted by atomic mass is 10.00. The van der Waals surface area contributed by atoms with Gasteiger partial charge in [0.25, 0.3) is 0 Å². The van der Waals surface area contributed by atoms with Crippen LogP contribution in [0.1, 0.15) is 25.7 Å². The molecule has 0 amide bonds. The van der Waals surface area contributed by atoms with Crippen molar-refractivity contribution < 1.29 is 8.42 Å². The number of aromatic nitrogens is 2. The van der Waals surface area contributed by atoms with Crippen LogP contribution >= 0.6 is 0 Å². The van der Waals surface area contributed by atoms with Gasteiger partial charge in [0.15, 0.2) is 0 Å². The van der Waals surface area contributed by atoms with E-state index in [1.807, 2.05) is 0 Å². The van der Waals surface area contributed by atoms with Crippen molar-refractivity contribution in [2.24, 2.45) is 5.92 Å². The zero-order valence-corrected chi connectivity index (χ0v) is 11.7. The third kappa shape index (κ3) is 2.98. The summed E-state index contributed by atoms with van der Waals surface area (Å²) in [4.78, 5) is 0.267. The zero-order chi connectivity index (χ0) is 13.3. The van der Waals surface area contributed by atoms with Crippen LogP contribution in [0.4, 0.5) is 0 Å². The van der Waals surface area contributed by atoms with E-state index in [2.05, 4.69) is 15.5 Å². The molecule has 3 rings (SSSR count). The molecule has 0 aromatic carbocycles. The Morgan fingerprint density at radius 3 is 2.95 bits per heavy atom. The number of aromatic amines is 1. The molecule has 2 N–H and O–H groups in total. The van der Waals surface area contributed by atoms with Crippen LogP contribution in [0, 0.1) is 5.92 Å². The molecule has 0 bridgehead atoms. The highest BCUT2D eigenvalue weighted by Crippen LogP contribution is 2.24. The van der Waals surface area contributed by atoms with Crippen molar-refractivity contribution in [1.82, 2.24) is 19.8 Å². The average Bonchev–Trinajstić information content (AvgIpc) is 3.07. The van der Waals surface area contributed by atoms with Gasteiger partial charge in [-0.25, -0.2) is 8.42 Å². The van der Waals surface area contributed by atoms with Crippen LogP contribution in [-0.4, -0.2) is 48.6 Å². The third-order valence-electron chi connectivity index (χ3n) is 3.87. The molecule has 0 spiro atoms. The predicted molar refractivity (Wildman–Crippen MR) is 71.1 cm³/mol. The summed E-state index contributed by atoms with van der Waals surface area (Å²) in [7, 11) is -3.36. The Morgan fingerprint density at radius 2 is 2.26 bits per heavy atom. The number of piperidine rings is 1. The molecule has 19 heavy (non-hydrogen) atoms. The van der Waals surface area contributed by atoms with Crippen LogP contribution in [-0.2, 0) is 10.0 Å². The first-order valence-electron chi connectivity index (χ1n) is 6.88. The van der Waals surface area contributed by atoms with Crippen molar-refractivity contribution in [3.63, 3.8) is 0 Å². The highest BCUT2D eigenvalue weighted by Gasteiger charge is 2.31. The van der Waals surface area contributed by atoms with Crippen LogP contribution in [0.15, 0.2) is 17.3 Å². The quantitative estimate of drug-likeness (QED) is 0.828. The van der Waals surface area contributed by atoms with Crippen molar-refractivity contribution in [3.8, 4) is 0 Å². The summed E-state index contributed by atoms with van der Waals surface area (Å²) in [5.74, 6) is 0.427. The van der Waals surface area contributed by atoms with E-state index in [-0.39, 0.29) is 4.90 Å². The topological polar surface area (TPSA) is 78.1 Å². The molecule has 1 aromatic rings. The first-order valence-corrected chi connectivity index (χ1v) is 8.32. The Labute approximate surface area is 113 Å². The highest BCUT2D eigenvalue weighted by molar-refractivity contribution is 7.89. The fourth-order valence-electron chi connectivity index (χ4n) is 2.56. The molecule has 1 atom stereocenters. The Morgan fingerprint density at radius 1 is 1.42 bits per heavy atom. The smallest absolute Gasteiger partial charge is 0.246 e. The maximum Gasteiger partial charge on any atom is 0.246 e. The standard InChI is InChI=1S/C12H20N4O2S/c17-19(18,12-7-14-15-8-12)16-5-1-2-10(9-16)6-13-11-3-4-11/h7-8,10-11,13H,1-6,9H2,(H,14,15). The van der Waals surface area contributed by atoms with Gasteiger partial charge < -0.3 is 5.32 Å². The molecule has 2 fully saturated rings. The molecule has 7 heteroatoms. The maximum atomic E-state index is 12.4. The Balaban J connectivity index is 1.63. The SMILES string of the molecule is O=S(=O)(c1cn[nH]c1)N1CCCC(CNC2CC2)C1. The molecular weight excluding hydrogens is 264 g/mol. The monoisotopic (exact) mass is 284 g/mol. The predicted octanol–water partition coefficient (Wildman–Crippen LogP) is 0.562. The maximum absolute atomic E-state index is 12.4. The molecule has 1 saturated carbocycles. The number of sulfonamides is 1. The van der Waals surface area contributed by atoms with Crippen LogP contribution in [0.5, 0.6) is 0 Å². The van der Waals surface area contributed by atoms with Gasteiger partial charge in [0.2, 0.25) is 10.0 Å². The zero-order valence-electron chi connectivity index (χ0n) is 10.9. The number of nitrogens with one attached hydrogen (secondary N) is 2. The second kappa shape index (κ2) is 5.22. The second-order valence-electron chi connectivity index (χ2n) is 5.49. The fraction of sp³-hybridized carbons (Fsp3) is 0.750. The van der Waals surface area contributed by atoms with Gasteiger partial charge in [-0.2, -0.15) is 9.40 Å². The molecule has 0 radical (unpaired) electrons. The number of nitrogens with zero attached hydrogens (tertiary/aromatic N) is 2. The summed E-state index contributed by atoms with van der Waals surface area (Å²) in [5.41, 5.74) is 0. The van der Waals surface area contributed by atoms with Gasteiger partial charge in [0.1, 0.15) is 4.90 Å². The van der Waals surface area contributed by atoms with Crippen molar-refractivity contribution in [2.45, 2.75) is 36.6 Å². The minimum absolute atomic E-state index is 0.267. The van der Waals surface area contributed by atoms with Crippen LogP contribution in [0.3, 0.4) is 0 Å². The summed E-state index contributed by atoms with van der Waals surface area (Å²) in [6.45, 7) is 2.17. The molecule has 1 aliphatic heterocycles. The van der Waals surface area contributed by atoms with E-state index in [9.17, 15) is 8.42 Å². The molecule has 2 aliphatic rings. The Kier molecular flexibility index (Phi) is 3.60. The van der Waals surface area contributed by atoms with E-state index in [0.29, 0.717) is 25.0 Å². The summed E-state index contributed by atoms with van der Waals surface area (Å²) in [6.07, 6.45) is 7.40. The molecule has 2 heterocycles. The van der Waals surface area contributed by atoms with Gasteiger partial charge in [-0.1, -0.05) is 0 Å². The van der Waals surface area contributed by atoms with Gasteiger partial charge in [-0.15, -0.1) is 0 Å². The van der Waals surface area contributed by atoms with Gasteiger partial charge >= 0.3 is 0 Å². The molecule has 6 nitrogen and oxygen atoms in total. The molecule has 1 aliphatic carbocycles. The highest BCUT2D eigenvalue weighted by atomic mass is 32.2. The number of hydrogen-bond acceptors (Lipinski definition) is 4. The second-order valence-corrected chi connectivity index (χ2v) is 7.43. The number of hydrogen-bond donors (Lipinski definition) is 2. The van der Waals surface area contributed by atoms with Crippen molar-refractivity contribution in [3.05, 3.63) is 12.4 Å². The lowest BCUT2D eigenvalue weighted by molar-refractivity contribution is 0.259. The van der Waals surface area contributed by atoms with Gasteiger partial charge in [-0.3, -0.25) is 5.10 Å². The average molecular weight is 284 g/mol. The van der Waals surface area contributed by atoms with E-state index in [1.54, 1.807) is 4.31 Å². The van der Waals surface area contributed by atoms with E-state index < -0.39 is 10.0 Å². The van der Waals surface area contributed by atoms with Crippen LogP contribution in [0.2, 0.25) is 0 Å². The minimum atomic E-state index is -3.36. The third-order valence-corrected chi connectivity index (χ3v) is 5.70. The number of rotatable bonds is 5. The molecule has 1 unspecified atom stereocenters. The van der Waals surface area contributed by atoms with Gasteiger partial charge in [-0.05, 0) is 38.1 Å². The van der Waals surface area contributed by atoms with Crippen LogP contribution < -0.4 is 5.32 Å². The molecule has 1 aromatic heterocycles. The normalized spacial score (nSPS) is 25.6. The van der Waals surface area contributed by atoms with Crippen LogP contribution in [0.25, 0.3) is 0 Å². The lowest BCUT2D eigenvalue weighted by Gasteiger charge is -2.31. The minimum Gasteiger partial charge on any atom is -0.314 e. The molecule has 106 valence electrons. The largest absolute Gasteiger partial charge is 0.314 e. The van der Waals surface area contributed by atoms with Crippen molar-refractivity contribution in [2.75, 3.05) is 19.6 Å².